The molecule has 0 saturated heterocycles. The van der Waals surface area contributed by atoms with Gasteiger partial charge in [-0.25, -0.2) is 19.0 Å². The van der Waals surface area contributed by atoms with E-state index in [4.69, 9.17) is 14.2 Å². The van der Waals surface area contributed by atoms with Crippen molar-refractivity contribution in [3.05, 3.63) is 94.8 Å². The van der Waals surface area contributed by atoms with Crippen LogP contribution in [0.15, 0.2) is 68.0 Å². The lowest BCUT2D eigenvalue weighted by molar-refractivity contribution is -0.145. The summed E-state index contributed by atoms with van der Waals surface area (Å²) in [4.78, 5) is 43.1. The van der Waals surface area contributed by atoms with Gasteiger partial charge in [0.05, 0.1) is 39.5 Å². The van der Waals surface area contributed by atoms with Crippen molar-refractivity contribution in [1.29, 1.82) is 0 Å². The van der Waals surface area contributed by atoms with E-state index in [0.29, 0.717) is 36.4 Å². The zero-order valence-corrected chi connectivity index (χ0v) is 23.2. The third-order valence-corrected chi connectivity index (χ3v) is 7.21. The van der Waals surface area contributed by atoms with Crippen LogP contribution in [0.5, 0.6) is 5.75 Å². The maximum Gasteiger partial charge on any atom is 0.344 e. The molecular formula is C27H24BrFN2O6S. The Morgan fingerprint density at radius 1 is 1.13 bits per heavy atom. The van der Waals surface area contributed by atoms with Crippen LogP contribution >= 0.6 is 27.3 Å². The Morgan fingerprint density at radius 2 is 1.84 bits per heavy atom. The van der Waals surface area contributed by atoms with Gasteiger partial charge in [-0.15, -0.1) is 0 Å². The third kappa shape index (κ3) is 5.78. The van der Waals surface area contributed by atoms with Gasteiger partial charge in [0, 0.05) is 0 Å². The highest BCUT2D eigenvalue weighted by Gasteiger charge is 2.33. The van der Waals surface area contributed by atoms with Crippen LogP contribution in [0.3, 0.4) is 0 Å². The van der Waals surface area contributed by atoms with E-state index >= 15 is 0 Å². The highest BCUT2D eigenvalue weighted by atomic mass is 79.9. The molecule has 0 aliphatic carbocycles. The number of hydrogen-bond acceptors (Lipinski definition) is 8. The lowest BCUT2D eigenvalue weighted by atomic mass is 9.96. The first-order valence-corrected chi connectivity index (χ1v) is 13.4. The maximum atomic E-state index is 13.7. The van der Waals surface area contributed by atoms with Gasteiger partial charge in [-0.05, 0) is 78.2 Å². The predicted octanol–water partition coefficient (Wildman–Crippen LogP) is 3.64. The fourth-order valence-corrected chi connectivity index (χ4v) is 5.52. The van der Waals surface area contributed by atoms with Crippen molar-refractivity contribution in [2.75, 3.05) is 19.8 Å². The van der Waals surface area contributed by atoms with E-state index in [1.54, 1.807) is 57.2 Å². The van der Waals surface area contributed by atoms with E-state index in [1.807, 2.05) is 0 Å². The van der Waals surface area contributed by atoms with Crippen LogP contribution < -0.4 is 19.6 Å². The molecule has 0 unspecified atom stereocenters. The normalized spacial score (nSPS) is 15.1. The Balaban J connectivity index is 1.76. The Kier molecular flexibility index (Phi) is 8.58. The fourth-order valence-electron chi connectivity index (χ4n) is 3.97. The van der Waals surface area contributed by atoms with Crippen molar-refractivity contribution in [1.82, 2.24) is 4.57 Å². The van der Waals surface area contributed by atoms with Crippen molar-refractivity contribution in [2.45, 2.75) is 26.8 Å². The van der Waals surface area contributed by atoms with Crippen molar-refractivity contribution >= 4 is 45.3 Å². The number of hydrogen-bond donors (Lipinski definition) is 0. The molecule has 2 heterocycles. The summed E-state index contributed by atoms with van der Waals surface area (Å²) in [7, 11) is 0. The summed E-state index contributed by atoms with van der Waals surface area (Å²) in [6.45, 7) is 5.30. The molecule has 0 fully saturated rings. The van der Waals surface area contributed by atoms with Crippen LogP contribution in [0.25, 0.3) is 6.08 Å². The number of halogens is 2. The fraction of sp³-hybridized carbons (Fsp3) is 0.259. The molecule has 1 atom stereocenters. The largest absolute Gasteiger partial charge is 0.481 e. The molecule has 0 amide bonds. The molecule has 1 aliphatic rings. The van der Waals surface area contributed by atoms with Crippen LogP contribution in [-0.2, 0) is 19.1 Å². The first-order valence-electron chi connectivity index (χ1n) is 11.8. The van der Waals surface area contributed by atoms with Gasteiger partial charge in [0.1, 0.15) is 11.6 Å². The number of ether oxygens (including phenoxy) is 3. The van der Waals surface area contributed by atoms with Crippen LogP contribution in [0.2, 0.25) is 0 Å². The molecular weight excluding hydrogens is 579 g/mol. The molecule has 1 aromatic heterocycles. The number of carbonyl (C=O) groups is 2. The molecule has 4 rings (SSSR count). The van der Waals surface area contributed by atoms with Crippen LogP contribution in [0.4, 0.5) is 4.39 Å². The average Bonchev–Trinajstić information content (AvgIpc) is 3.17. The smallest absolute Gasteiger partial charge is 0.344 e. The second-order valence-corrected chi connectivity index (χ2v) is 10.0. The van der Waals surface area contributed by atoms with Crippen LogP contribution in [0.1, 0.15) is 37.9 Å². The molecule has 0 saturated carbocycles. The average molecular weight is 603 g/mol. The zero-order valence-electron chi connectivity index (χ0n) is 20.8. The monoisotopic (exact) mass is 602 g/mol. The Bertz CT molecular complexity index is 1590. The Labute approximate surface area is 229 Å². The summed E-state index contributed by atoms with van der Waals surface area (Å²) in [5, 5.41) is 0. The number of thiazole rings is 1. The van der Waals surface area contributed by atoms with Gasteiger partial charge in [-0.1, -0.05) is 29.5 Å². The van der Waals surface area contributed by atoms with E-state index < -0.39 is 23.8 Å². The SMILES string of the molecule is CCOC(=O)COc1ccc(/C=c2\sc3n(c2=O)[C@H](c2ccc(F)cc2)C(C(=O)OCC)=C(C)N=3)cc1Br. The van der Waals surface area contributed by atoms with Crippen molar-refractivity contribution in [3.63, 3.8) is 0 Å². The number of nitrogens with zero attached hydrogens (tertiary/aromatic N) is 2. The lowest BCUT2D eigenvalue weighted by Gasteiger charge is -2.24. The summed E-state index contributed by atoms with van der Waals surface area (Å²) in [5.74, 6) is -1.04. The van der Waals surface area contributed by atoms with E-state index in [0.717, 1.165) is 0 Å². The minimum absolute atomic E-state index is 0.157. The molecule has 2 aromatic carbocycles. The first kappa shape index (κ1) is 27.5. The Hall–Kier alpha value is -3.57. The number of carbonyl (C=O) groups excluding carboxylic acids is 2. The molecule has 0 radical (unpaired) electrons. The molecule has 0 bridgehead atoms. The predicted molar refractivity (Wildman–Crippen MR) is 143 cm³/mol. The number of allylic oxidation sites excluding steroid dienone is 1. The minimum atomic E-state index is -0.821. The number of rotatable bonds is 8. The number of benzene rings is 2. The molecule has 11 heteroatoms. The zero-order chi connectivity index (χ0) is 27.4. The summed E-state index contributed by atoms with van der Waals surface area (Å²) >= 11 is 4.61. The van der Waals surface area contributed by atoms with E-state index in [1.165, 1.54) is 28.0 Å². The van der Waals surface area contributed by atoms with Crippen molar-refractivity contribution in [3.8, 4) is 5.75 Å². The van der Waals surface area contributed by atoms with Gasteiger partial charge in [0.25, 0.3) is 5.56 Å². The minimum Gasteiger partial charge on any atom is -0.481 e. The third-order valence-electron chi connectivity index (χ3n) is 5.61. The standard InChI is InChI=1S/C27H24BrFN2O6S/c1-4-35-22(32)14-37-20-11-6-16(12-19(20)28)13-21-25(33)31-24(17-7-9-18(29)10-8-17)23(26(34)36-5-2)15(3)30-27(31)38-21/h6-13,24H,4-5,14H2,1-3H3/b21-13-/t24-/m1/s1. The van der Waals surface area contributed by atoms with Gasteiger partial charge < -0.3 is 14.2 Å². The second-order valence-electron chi connectivity index (χ2n) is 8.14. The molecule has 0 spiro atoms. The summed E-state index contributed by atoms with van der Waals surface area (Å²) in [6, 6.07) is 10.0. The topological polar surface area (TPSA) is 96.2 Å². The van der Waals surface area contributed by atoms with Crippen LogP contribution in [-0.4, -0.2) is 36.3 Å². The van der Waals surface area contributed by atoms with Gasteiger partial charge in [-0.2, -0.15) is 0 Å². The highest BCUT2D eigenvalue weighted by Crippen LogP contribution is 2.31. The quantitative estimate of drug-likeness (QED) is 0.365. The number of esters is 2. The molecule has 198 valence electrons. The number of aromatic nitrogens is 1. The van der Waals surface area contributed by atoms with E-state index in [9.17, 15) is 18.8 Å². The number of fused-ring (bicyclic) bond motifs is 1. The summed E-state index contributed by atoms with van der Waals surface area (Å²) in [6.07, 6.45) is 1.70. The Morgan fingerprint density at radius 3 is 2.50 bits per heavy atom. The molecule has 3 aromatic rings. The van der Waals surface area contributed by atoms with Crippen molar-refractivity contribution < 1.29 is 28.2 Å². The second kappa shape index (κ2) is 11.9. The van der Waals surface area contributed by atoms with Gasteiger partial charge in [-0.3, -0.25) is 9.36 Å². The van der Waals surface area contributed by atoms with Gasteiger partial charge in [0.15, 0.2) is 11.4 Å². The maximum absolute atomic E-state index is 13.7. The highest BCUT2D eigenvalue weighted by molar-refractivity contribution is 9.10. The summed E-state index contributed by atoms with van der Waals surface area (Å²) in [5.41, 5.74) is 1.56. The first-order chi connectivity index (χ1) is 18.2. The van der Waals surface area contributed by atoms with Gasteiger partial charge >= 0.3 is 11.9 Å². The van der Waals surface area contributed by atoms with E-state index in [-0.39, 0.29) is 31.0 Å². The molecule has 1 aliphatic heterocycles. The molecule has 38 heavy (non-hydrogen) atoms. The summed E-state index contributed by atoms with van der Waals surface area (Å²) < 4.78 is 31.7. The molecule has 8 nitrogen and oxygen atoms in total. The van der Waals surface area contributed by atoms with E-state index in [2.05, 4.69) is 20.9 Å². The van der Waals surface area contributed by atoms with Crippen LogP contribution in [0, 0.1) is 5.82 Å². The van der Waals surface area contributed by atoms with Gasteiger partial charge in [0.2, 0.25) is 0 Å². The lowest BCUT2D eigenvalue weighted by Crippen LogP contribution is -2.39. The van der Waals surface area contributed by atoms with Crippen molar-refractivity contribution in [2.24, 2.45) is 4.99 Å². The molecule has 0 N–H and O–H groups in total.